The number of fused-ring (bicyclic) bond motifs is 1. The summed E-state index contributed by atoms with van der Waals surface area (Å²) in [4.78, 5) is 18.4. The van der Waals surface area contributed by atoms with Crippen molar-refractivity contribution >= 4 is 16.9 Å². The fraction of sp³-hybridized carbons (Fsp3) is 0.467. The van der Waals surface area contributed by atoms with E-state index < -0.39 is 24.2 Å². The van der Waals surface area contributed by atoms with Crippen LogP contribution in [0.5, 0.6) is 5.75 Å². The number of likely N-dealkylation sites (tertiary alicyclic amines) is 1. The first-order valence-electron chi connectivity index (χ1n) is 13.1. The SMILES string of the molecule is COc1ccc2ncc(CF)c([C@H](F)CCC3(CC(=O)O)CCN(CCCc4ccccc4)CC3)c2c1. The number of rotatable bonds is 12. The van der Waals surface area contributed by atoms with E-state index in [1.165, 1.54) is 18.9 Å². The molecule has 2 aromatic carbocycles. The van der Waals surface area contributed by atoms with Gasteiger partial charge in [-0.3, -0.25) is 9.78 Å². The maximum absolute atomic E-state index is 15.8. The average molecular weight is 511 g/mol. The minimum atomic E-state index is -1.42. The Kier molecular flexibility index (Phi) is 9.09. The molecule has 0 bridgehead atoms. The monoisotopic (exact) mass is 510 g/mol. The van der Waals surface area contributed by atoms with Crippen LogP contribution in [0.25, 0.3) is 10.9 Å². The van der Waals surface area contributed by atoms with E-state index in [-0.39, 0.29) is 18.4 Å². The van der Waals surface area contributed by atoms with Crippen LogP contribution in [-0.4, -0.2) is 47.7 Å². The number of aliphatic carboxylic acids is 1. The number of aryl methyl sites for hydroxylation is 1. The van der Waals surface area contributed by atoms with E-state index in [1.807, 2.05) is 6.07 Å². The summed E-state index contributed by atoms with van der Waals surface area (Å²) < 4.78 is 34.9. The molecule has 5 nitrogen and oxygen atoms in total. The van der Waals surface area contributed by atoms with Gasteiger partial charge >= 0.3 is 5.97 Å². The number of halogens is 2. The highest BCUT2D eigenvalue weighted by molar-refractivity contribution is 5.85. The minimum Gasteiger partial charge on any atom is -0.497 e. The maximum atomic E-state index is 15.8. The van der Waals surface area contributed by atoms with Crippen molar-refractivity contribution in [3.8, 4) is 5.75 Å². The molecular formula is C30H36F2N2O3. The molecule has 3 aromatic rings. The van der Waals surface area contributed by atoms with Gasteiger partial charge in [0.1, 0.15) is 18.6 Å². The fourth-order valence-electron chi connectivity index (χ4n) is 5.65. The number of methoxy groups -OCH3 is 1. The van der Waals surface area contributed by atoms with Gasteiger partial charge in [0, 0.05) is 22.7 Å². The molecule has 0 unspecified atom stereocenters. The lowest BCUT2D eigenvalue weighted by atomic mass is 9.71. The van der Waals surface area contributed by atoms with Gasteiger partial charge in [0.05, 0.1) is 19.0 Å². The number of piperidine rings is 1. The number of alkyl halides is 2. The van der Waals surface area contributed by atoms with Crippen molar-refractivity contribution in [2.24, 2.45) is 5.41 Å². The number of nitrogens with zero attached hydrogens (tertiary/aromatic N) is 2. The summed E-state index contributed by atoms with van der Waals surface area (Å²) in [6, 6.07) is 15.6. The van der Waals surface area contributed by atoms with E-state index in [0.717, 1.165) is 45.3 Å². The maximum Gasteiger partial charge on any atom is 0.303 e. The number of carboxylic acids is 1. The first kappa shape index (κ1) is 27.0. The Morgan fingerprint density at radius 1 is 1.19 bits per heavy atom. The average Bonchev–Trinajstić information content (AvgIpc) is 2.92. The van der Waals surface area contributed by atoms with Gasteiger partial charge in [0.2, 0.25) is 0 Å². The van der Waals surface area contributed by atoms with E-state index in [1.54, 1.807) is 18.2 Å². The Balaban J connectivity index is 1.42. The molecule has 1 fully saturated rings. The molecule has 0 radical (unpaired) electrons. The third-order valence-corrected chi connectivity index (χ3v) is 7.81. The summed E-state index contributed by atoms with van der Waals surface area (Å²) in [5.41, 5.74) is 1.98. The number of aromatic nitrogens is 1. The normalized spacial score (nSPS) is 16.5. The summed E-state index contributed by atoms with van der Waals surface area (Å²) in [7, 11) is 1.53. The molecule has 7 heteroatoms. The summed E-state index contributed by atoms with van der Waals surface area (Å²) in [6.07, 6.45) is 4.10. The van der Waals surface area contributed by atoms with Crippen LogP contribution in [0.1, 0.15) is 61.4 Å². The van der Waals surface area contributed by atoms with Gasteiger partial charge in [-0.1, -0.05) is 30.3 Å². The van der Waals surface area contributed by atoms with E-state index in [0.29, 0.717) is 28.6 Å². The van der Waals surface area contributed by atoms with Gasteiger partial charge in [-0.2, -0.15) is 0 Å². The van der Waals surface area contributed by atoms with Crippen molar-refractivity contribution in [3.63, 3.8) is 0 Å². The highest BCUT2D eigenvalue weighted by atomic mass is 19.1. The highest BCUT2D eigenvalue weighted by Gasteiger charge is 2.37. The van der Waals surface area contributed by atoms with Crippen LogP contribution in [0.2, 0.25) is 0 Å². The second kappa shape index (κ2) is 12.5. The van der Waals surface area contributed by atoms with E-state index in [2.05, 4.69) is 34.1 Å². The van der Waals surface area contributed by atoms with Crippen molar-refractivity contribution in [2.75, 3.05) is 26.7 Å². The third kappa shape index (κ3) is 6.83. The molecule has 2 heterocycles. The Labute approximate surface area is 217 Å². The Bertz CT molecular complexity index is 1170. The third-order valence-electron chi connectivity index (χ3n) is 7.81. The number of ether oxygens (including phenoxy) is 1. The van der Waals surface area contributed by atoms with Crippen LogP contribution in [-0.2, 0) is 17.9 Å². The minimum absolute atomic E-state index is 0.0262. The van der Waals surface area contributed by atoms with Crippen LogP contribution in [0.3, 0.4) is 0 Å². The van der Waals surface area contributed by atoms with Crippen molar-refractivity contribution in [1.82, 2.24) is 9.88 Å². The zero-order chi connectivity index (χ0) is 26.3. The standard InChI is InChI=1S/C30H36F2N2O3/c1-37-24-9-10-27-25(18-24)29(23(20-31)21-33-27)26(32)11-12-30(19-28(35)36)13-16-34(17-14-30)15-5-8-22-6-3-2-4-7-22/h2-4,6-7,9-10,18,21,26H,5,8,11-17,19-20H2,1H3,(H,35,36)/t26-/m1/s1. The first-order chi connectivity index (χ1) is 17.9. The number of carboxylic acid groups (broad SMARTS) is 1. The molecule has 1 aromatic heterocycles. The van der Waals surface area contributed by atoms with Crippen LogP contribution in [0, 0.1) is 5.41 Å². The number of carbonyl (C=O) groups is 1. The molecule has 1 saturated heterocycles. The quantitative estimate of drug-likeness (QED) is 0.294. The molecule has 0 spiro atoms. The number of pyridine rings is 1. The zero-order valence-electron chi connectivity index (χ0n) is 21.5. The summed E-state index contributed by atoms with van der Waals surface area (Å²) in [5.74, 6) is -0.294. The van der Waals surface area contributed by atoms with E-state index in [4.69, 9.17) is 4.74 Å². The molecule has 1 aliphatic heterocycles. The van der Waals surface area contributed by atoms with Gasteiger partial charge in [-0.15, -0.1) is 0 Å². The molecule has 1 aliphatic rings. The number of hydrogen-bond acceptors (Lipinski definition) is 4. The molecule has 0 aliphatic carbocycles. The predicted octanol–water partition coefficient (Wildman–Crippen LogP) is 6.69. The predicted molar refractivity (Wildman–Crippen MR) is 141 cm³/mol. The largest absolute Gasteiger partial charge is 0.497 e. The summed E-state index contributed by atoms with van der Waals surface area (Å²) in [6.45, 7) is 1.77. The van der Waals surface area contributed by atoms with Crippen molar-refractivity contribution in [2.45, 2.75) is 57.8 Å². The lowest BCUT2D eigenvalue weighted by Crippen LogP contribution is -2.41. The number of hydrogen-bond donors (Lipinski definition) is 1. The lowest BCUT2D eigenvalue weighted by Gasteiger charge is -2.41. The van der Waals surface area contributed by atoms with Gasteiger partial charge < -0.3 is 14.7 Å². The topological polar surface area (TPSA) is 62.7 Å². The smallest absolute Gasteiger partial charge is 0.303 e. The highest BCUT2D eigenvalue weighted by Crippen LogP contribution is 2.43. The molecular weight excluding hydrogens is 474 g/mol. The van der Waals surface area contributed by atoms with Gasteiger partial charge in [0.25, 0.3) is 0 Å². The first-order valence-corrected chi connectivity index (χ1v) is 13.1. The molecule has 1 N–H and O–H groups in total. The molecule has 0 amide bonds. The van der Waals surface area contributed by atoms with E-state index in [9.17, 15) is 14.3 Å². The second-order valence-electron chi connectivity index (χ2n) is 10.2. The molecule has 0 saturated carbocycles. The lowest BCUT2D eigenvalue weighted by molar-refractivity contribution is -0.141. The zero-order valence-corrected chi connectivity index (χ0v) is 21.5. The van der Waals surface area contributed by atoms with Crippen molar-refractivity contribution in [3.05, 3.63) is 71.4 Å². The fourth-order valence-corrected chi connectivity index (χ4v) is 5.65. The van der Waals surface area contributed by atoms with Crippen molar-refractivity contribution < 1.29 is 23.4 Å². The van der Waals surface area contributed by atoms with Crippen molar-refractivity contribution in [1.29, 1.82) is 0 Å². The molecule has 1 atom stereocenters. The summed E-state index contributed by atoms with van der Waals surface area (Å²) >= 11 is 0. The van der Waals surface area contributed by atoms with Crippen LogP contribution in [0.15, 0.2) is 54.7 Å². The van der Waals surface area contributed by atoms with Gasteiger partial charge in [0.15, 0.2) is 0 Å². The van der Waals surface area contributed by atoms with Crippen LogP contribution < -0.4 is 4.74 Å². The second-order valence-corrected chi connectivity index (χ2v) is 10.2. The van der Waals surface area contributed by atoms with E-state index >= 15 is 4.39 Å². The number of benzene rings is 2. The van der Waals surface area contributed by atoms with Gasteiger partial charge in [-0.05, 0) is 87.3 Å². The Morgan fingerprint density at radius 3 is 2.62 bits per heavy atom. The van der Waals surface area contributed by atoms with Crippen LogP contribution >= 0.6 is 0 Å². The Morgan fingerprint density at radius 2 is 1.95 bits per heavy atom. The molecule has 4 rings (SSSR count). The van der Waals surface area contributed by atoms with Crippen LogP contribution in [0.4, 0.5) is 8.78 Å². The molecule has 198 valence electrons. The molecule has 37 heavy (non-hydrogen) atoms. The Hall–Kier alpha value is -3.06. The summed E-state index contributed by atoms with van der Waals surface area (Å²) in [5, 5.41) is 10.2. The van der Waals surface area contributed by atoms with Gasteiger partial charge in [-0.25, -0.2) is 8.78 Å².